The molecule has 12 heavy (non-hydrogen) atoms. The van der Waals surface area contributed by atoms with Crippen LogP contribution in [0.2, 0.25) is 0 Å². The molecule has 0 spiro atoms. The first-order chi connectivity index (χ1) is 5.70. The van der Waals surface area contributed by atoms with Gasteiger partial charge in [0.2, 0.25) is 0 Å². The lowest BCUT2D eigenvalue weighted by Gasteiger charge is -2.22. The Morgan fingerprint density at radius 3 is 2.92 bits per heavy atom. The Kier molecular flexibility index (Phi) is 3.65. The molecule has 1 saturated heterocycles. The lowest BCUT2D eigenvalue weighted by atomic mass is 10.1. The number of nitrogens with zero attached hydrogens (tertiary/aromatic N) is 2. The van der Waals surface area contributed by atoms with E-state index >= 15 is 0 Å². The third kappa shape index (κ3) is 2.89. The lowest BCUT2D eigenvalue weighted by molar-refractivity contribution is -0.121. The Morgan fingerprint density at radius 2 is 2.42 bits per heavy atom. The molecule has 1 rings (SSSR count). The SMILES string of the molecule is CN(C)CC(=O)C1CNCC[N]1. The number of piperazine rings is 1. The van der Waals surface area contributed by atoms with Crippen molar-refractivity contribution in [1.82, 2.24) is 15.5 Å². The smallest absolute Gasteiger partial charge is 0.166 e. The highest BCUT2D eigenvalue weighted by molar-refractivity contribution is 5.86. The zero-order chi connectivity index (χ0) is 8.97. The van der Waals surface area contributed by atoms with E-state index in [1.807, 2.05) is 19.0 Å². The predicted octanol–water partition coefficient (Wildman–Crippen LogP) is -1.31. The van der Waals surface area contributed by atoms with E-state index in [0.717, 1.165) is 13.1 Å². The van der Waals surface area contributed by atoms with Gasteiger partial charge in [-0.1, -0.05) is 0 Å². The summed E-state index contributed by atoms with van der Waals surface area (Å²) < 4.78 is 0. The Hall–Kier alpha value is -0.450. The van der Waals surface area contributed by atoms with Gasteiger partial charge in [-0.3, -0.25) is 4.79 Å². The van der Waals surface area contributed by atoms with Crippen molar-refractivity contribution in [3.63, 3.8) is 0 Å². The van der Waals surface area contributed by atoms with Gasteiger partial charge in [0, 0.05) is 19.6 Å². The van der Waals surface area contributed by atoms with Crippen LogP contribution >= 0.6 is 0 Å². The molecule has 1 N–H and O–H groups in total. The standard InChI is InChI=1S/C8H16N3O/c1-11(2)6-8(12)7-5-9-3-4-10-7/h7,9H,3-6H2,1-2H3. The Bertz CT molecular complexity index is 152. The van der Waals surface area contributed by atoms with Crippen molar-refractivity contribution in [1.29, 1.82) is 0 Å². The molecule has 1 unspecified atom stereocenters. The number of carbonyl (C=O) groups excluding carboxylic acids is 1. The highest BCUT2D eigenvalue weighted by Gasteiger charge is 2.21. The van der Waals surface area contributed by atoms with Gasteiger partial charge in [0.25, 0.3) is 0 Å². The number of nitrogens with one attached hydrogen (secondary N) is 1. The summed E-state index contributed by atoms with van der Waals surface area (Å²) in [6.07, 6.45) is 0. The Labute approximate surface area is 73.3 Å². The van der Waals surface area contributed by atoms with Crippen molar-refractivity contribution in [2.24, 2.45) is 0 Å². The van der Waals surface area contributed by atoms with Gasteiger partial charge in [0.15, 0.2) is 5.78 Å². The average Bonchev–Trinajstić information content (AvgIpc) is 2.05. The minimum Gasteiger partial charge on any atom is -0.313 e. The van der Waals surface area contributed by atoms with Crippen LogP contribution in [0.1, 0.15) is 0 Å². The van der Waals surface area contributed by atoms with Crippen LogP contribution in [0.25, 0.3) is 0 Å². The van der Waals surface area contributed by atoms with Crippen molar-refractivity contribution < 1.29 is 4.79 Å². The molecule has 69 valence electrons. The van der Waals surface area contributed by atoms with E-state index in [-0.39, 0.29) is 11.8 Å². The topological polar surface area (TPSA) is 46.4 Å². The highest BCUT2D eigenvalue weighted by Crippen LogP contribution is 1.92. The maximum absolute atomic E-state index is 11.4. The summed E-state index contributed by atoms with van der Waals surface area (Å²) in [6, 6.07) is -0.110. The average molecular weight is 170 g/mol. The zero-order valence-electron chi connectivity index (χ0n) is 7.71. The fourth-order valence-corrected chi connectivity index (χ4v) is 1.24. The van der Waals surface area contributed by atoms with Crippen molar-refractivity contribution >= 4 is 5.78 Å². The summed E-state index contributed by atoms with van der Waals surface area (Å²) in [4.78, 5) is 13.3. The van der Waals surface area contributed by atoms with Gasteiger partial charge >= 0.3 is 0 Å². The zero-order valence-corrected chi connectivity index (χ0v) is 7.71. The molecule has 0 aromatic rings. The van der Waals surface area contributed by atoms with E-state index < -0.39 is 0 Å². The van der Waals surface area contributed by atoms with Gasteiger partial charge in [-0.15, -0.1) is 0 Å². The number of likely N-dealkylation sites (N-methyl/N-ethyl adjacent to an activating group) is 1. The summed E-state index contributed by atoms with van der Waals surface area (Å²) in [5.74, 6) is 0.215. The van der Waals surface area contributed by atoms with E-state index in [2.05, 4.69) is 10.6 Å². The van der Waals surface area contributed by atoms with E-state index in [0.29, 0.717) is 13.1 Å². The first-order valence-electron chi connectivity index (χ1n) is 4.25. The Morgan fingerprint density at radius 1 is 1.67 bits per heavy atom. The van der Waals surface area contributed by atoms with Crippen LogP contribution < -0.4 is 10.6 Å². The van der Waals surface area contributed by atoms with Crippen LogP contribution in [0.15, 0.2) is 0 Å². The number of hydrogen-bond acceptors (Lipinski definition) is 3. The molecule has 1 radical (unpaired) electrons. The minimum absolute atomic E-state index is 0.110. The largest absolute Gasteiger partial charge is 0.313 e. The van der Waals surface area contributed by atoms with Crippen molar-refractivity contribution in [3.8, 4) is 0 Å². The molecule has 0 aliphatic carbocycles. The number of rotatable bonds is 3. The summed E-state index contributed by atoms with van der Waals surface area (Å²) >= 11 is 0. The molecule has 1 fully saturated rings. The number of hydrogen-bond donors (Lipinski definition) is 1. The predicted molar refractivity (Wildman–Crippen MR) is 47.2 cm³/mol. The van der Waals surface area contributed by atoms with Gasteiger partial charge in [-0.2, -0.15) is 0 Å². The summed E-state index contributed by atoms with van der Waals surface area (Å²) in [7, 11) is 3.79. The molecule has 4 nitrogen and oxygen atoms in total. The van der Waals surface area contributed by atoms with E-state index in [9.17, 15) is 4.79 Å². The molecular weight excluding hydrogens is 154 g/mol. The van der Waals surface area contributed by atoms with Crippen molar-refractivity contribution in [3.05, 3.63) is 0 Å². The maximum atomic E-state index is 11.4. The van der Waals surface area contributed by atoms with Gasteiger partial charge in [0.1, 0.15) is 0 Å². The quantitative estimate of drug-likeness (QED) is 0.572. The highest BCUT2D eigenvalue weighted by atomic mass is 16.1. The van der Waals surface area contributed by atoms with E-state index in [1.165, 1.54) is 0 Å². The number of ketones is 1. The van der Waals surface area contributed by atoms with E-state index in [1.54, 1.807) is 0 Å². The van der Waals surface area contributed by atoms with E-state index in [4.69, 9.17) is 0 Å². The van der Waals surface area contributed by atoms with Gasteiger partial charge in [-0.25, -0.2) is 5.32 Å². The maximum Gasteiger partial charge on any atom is 0.166 e. The molecular formula is C8H16N3O. The molecule has 1 heterocycles. The molecule has 0 bridgehead atoms. The lowest BCUT2D eigenvalue weighted by Crippen LogP contribution is -2.50. The molecule has 1 aliphatic heterocycles. The van der Waals surface area contributed by atoms with Crippen LogP contribution in [-0.4, -0.2) is 57.0 Å². The van der Waals surface area contributed by atoms with Crippen LogP contribution in [0, 0.1) is 0 Å². The van der Waals surface area contributed by atoms with Crippen LogP contribution in [0.4, 0.5) is 0 Å². The van der Waals surface area contributed by atoms with Crippen LogP contribution in [0.5, 0.6) is 0 Å². The fourth-order valence-electron chi connectivity index (χ4n) is 1.24. The fraction of sp³-hybridized carbons (Fsp3) is 0.875. The Balaban J connectivity index is 2.30. The molecule has 0 saturated carbocycles. The van der Waals surface area contributed by atoms with Crippen LogP contribution in [-0.2, 0) is 4.79 Å². The first-order valence-corrected chi connectivity index (χ1v) is 4.25. The van der Waals surface area contributed by atoms with Crippen molar-refractivity contribution in [2.45, 2.75) is 6.04 Å². The summed E-state index contributed by atoms with van der Waals surface area (Å²) in [5, 5.41) is 7.40. The summed E-state index contributed by atoms with van der Waals surface area (Å²) in [5.41, 5.74) is 0. The molecule has 0 aromatic heterocycles. The second-order valence-corrected chi connectivity index (χ2v) is 3.33. The molecule has 1 atom stereocenters. The third-order valence-corrected chi connectivity index (χ3v) is 1.82. The molecule has 0 aromatic carbocycles. The number of Topliss-reactive ketones (excluding diaryl/α,β-unsaturated/α-hetero) is 1. The number of carbonyl (C=O) groups is 1. The first kappa shape index (κ1) is 9.64. The monoisotopic (exact) mass is 170 g/mol. The second-order valence-electron chi connectivity index (χ2n) is 3.33. The second kappa shape index (κ2) is 4.54. The van der Waals surface area contributed by atoms with Gasteiger partial charge in [-0.05, 0) is 14.1 Å². The third-order valence-electron chi connectivity index (χ3n) is 1.82. The minimum atomic E-state index is -0.110. The molecule has 4 heteroatoms. The van der Waals surface area contributed by atoms with Gasteiger partial charge in [0.05, 0.1) is 12.6 Å². The van der Waals surface area contributed by atoms with Crippen LogP contribution in [0.3, 0.4) is 0 Å². The molecule has 0 amide bonds. The molecule has 1 aliphatic rings. The normalized spacial score (nSPS) is 24.4. The van der Waals surface area contributed by atoms with Crippen molar-refractivity contribution in [2.75, 3.05) is 40.3 Å². The summed E-state index contributed by atoms with van der Waals surface area (Å²) in [6.45, 7) is 2.89. The van der Waals surface area contributed by atoms with Gasteiger partial charge < -0.3 is 10.2 Å².